The van der Waals surface area contributed by atoms with Crippen molar-refractivity contribution in [2.45, 2.75) is 20.8 Å². The Hall–Kier alpha value is -2.75. The van der Waals surface area contributed by atoms with Gasteiger partial charge in [0.05, 0.1) is 18.5 Å². The monoisotopic (exact) mass is 324 g/mol. The van der Waals surface area contributed by atoms with Crippen LogP contribution in [0.25, 0.3) is 0 Å². The molecule has 0 radical (unpaired) electrons. The highest BCUT2D eigenvalue weighted by atomic mass is 16.5. The molecule has 0 aliphatic heterocycles. The number of allylic oxidation sites excluding steroid dienone is 1. The first kappa shape index (κ1) is 17.6. The van der Waals surface area contributed by atoms with E-state index in [1.165, 1.54) is 5.57 Å². The van der Waals surface area contributed by atoms with Gasteiger partial charge in [-0.1, -0.05) is 23.8 Å². The van der Waals surface area contributed by atoms with Crippen molar-refractivity contribution >= 4 is 11.9 Å². The molecule has 0 amide bonds. The number of ether oxygens (including phenoxy) is 2. The summed E-state index contributed by atoms with van der Waals surface area (Å²) in [4.78, 5) is 0. The molecule has 0 saturated carbocycles. The Morgan fingerprint density at radius 2 is 1.83 bits per heavy atom. The van der Waals surface area contributed by atoms with E-state index in [0.717, 1.165) is 22.7 Å². The summed E-state index contributed by atoms with van der Waals surface area (Å²) < 4.78 is 11.4. The van der Waals surface area contributed by atoms with Crippen LogP contribution >= 0.6 is 0 Å². The lowest BCUT2D eigenvalue weighted by Crippen LogP contribution is -2.00. The zero-order valence-corrected chi connectivity index (χ0v) is 14.5. The van der Waals surface area contributed by atoms with E-state index in [-0.39, 0.29) is 0 Å². The Morgan fingerprint density at radius 1 is 1.04 bits per heavy atom. The average Bonchev–Trinajstić information content (AvgIpc) is 2.58. The molecule has 0 aromatic heterocycles. The van der Waals surface area contributed by atoms with Crippen molar-refractivity contribution in [3.63, 3.8) is 0 Å². The molecule has 0 unspecified atom stereocenters. The van der Waals surface area contributed by atoms with E-state index in [4.69, 9.17) is 9.47 Å². The lowest BCUT2D eigenvalue weighted by atomic mass is 10.2. The van der Waals surface area contributed by atoms with Crippen molar-refractivity contribution in [2.75, 3.05) is 18.6 Å². The molecular weight excluding hydrogens is 300 g/mol. The second-order valence-corrected chi connectivity index (χ2v) is 5.47. The minimum Gasteiger partial charge on any atom is -0.490 e. The van der Waals surface area contributed by atoms with Gasteiger partial charge in [0.2, 0.25) is 0 Å². The first-order valence-corrected chi connectivity index (χ1v) is 8.06. The van der Waals surface area contributed by atoms with Crippen LogP contribution in [0.3, 0.4) is 0 Å². The Bertz CT molecular complexity index is 690. The Labute approximate surface area is 143 Å². The molecule has 0 bridgehead atoms. The van der Waals surface area contributed by atoms with Gasteiger partial charge in [0.15, 0.2) is 11.5 Å². The van der Waals surface area contributed by atoms with Crippen molar-refractivity contribution in [2.24, 2.45) is 5.10 Å². The van der Waals surface area contributed by atoms with Crippen LogP contribution in [0, 0.1) is 0 Å². The lowest BCUT2D eigenvalue weighted by molar-refractivity contribution is 0.296. The molecule has 2 aromatic rings. The van der Waals surface area contributed by atoms with Crippen molar-refractivity contribution in [1.29, 1.82) is 0 Å². The van der Waals surface area contributed by atoms with Gasteiger partial charge in [0.1, 0.15) is 6.61 Å². The van der Waals surface area contributed by atoms with Crippen molar-refractivity contribution in [3.8, 4) is 11.5 Å². The van der Waals surface area contributed by atoms with Crippen LogP contribution in [0.1, 0.15) is 26.3 Å². The van der Waals surface area contributed by atoms with E-state index in [1.54, 1.807) is 6.21 Å². The third-order valence-electron chi connectivity index (χ3n) is 3.18. The topological polar surface area (TPSA) is 42.8 Å². The molecule has 126 valence electrons. The van der Waals surface area contributed by atoms with E-state index in [0.29, 0.717) is 13.2 Å². The molecule has 0 heterocycles. The second-order valence-electron chi connectivity index (χ2n) is 5.47. The molecule has 0 atom stereocenters. The number of hydrazone groups is 1. The fraction of sp³-hybridized carbons (Fsp3) is 0.250. The summed E-state index contributed by atoms with van der Waals surface area (Å²) >= 11 is 0. The highest BCUT2D eigenvalue weighted by Crippen LogP contribution is 2.28. The minimum absolute atomic E-state index is 0.533. The Morgan fingerprint density at radius 3 is 2.54 bits per heavy atom. The standard InChI is InChI=1S/C20H24N2O2/c1-4-23-20-14-17(10-11-19(20)24-13-12-16(2)3)15-21-22-18-8-6-5-7-9-18/h5-12,14-15,22H,4,13H2,1-3H3. The number of hydrogen-bond donors (Lipinski definition) is 1. The highest BCUT2D eigenvalue weighted by Gasteiger charge is 2.05. The SMILES string of the molecule is CCOc1cc(C=NNc2ccccc2)ccc1OCC=C(C)C. The minimum atomic E-state index is 0.533. The first-order valence-electron chi connectivity index (χ1n) is 8.06. The molecule has 4 nitrogen and oxygen atoms in total. The van der Waals surface area contributed by atoms with Gasteiger partial charge in [-0.15, -0.1) is 0 Å². The summed E-state index contributed by atoms with van der Waals surface area (Å²) in [6, 6.07) is 15.6. The maximum Gasteiger partial charge on any atom is 0.161 e. The second kappa shape index (κ2) is 9.40. The third-order valence-corrected chi connectivity index (χ3v) is 3.18. The van der Waals surface area contributed by atoms with Crippen LogP contribution in [0.2, 0.25) is 0 Å². The molecule has 0 aliphatic carbocycles. The number of benzene rings is 2. The average molecular weight is 324 g/mol. The molecule has 0 aliphatic rings. The number of nitrogens with one attached hydrogen (secondary N) is 1. The van der Waals surface area contributed by atoms with Gasteiger partial charge in [0, 0.05) is 0 Å². The van der Waals surface area contributed by atoms with Crippen molar-refractivity contribution in [1.82, 2.24) is 0 Å². The Balaban J connectivity index is 2.05. The zero-order chi connectivity index (χ0) is 17.2. The molecule has 0 saturated heterocycles. The molecule has 2 rings (SSSR count). The van der Waals surface area contributed by atoms with Crippen LogP contribution < -0.4 is 14.9 Å². The third kappa shape index (κ3) is 5.80. The quantitative estimate of drug-likeness (QED) is 0.428. The number of nitrogens with zero attached hydrogens (tertiary/aromatic N) is 1. The van der Waals surface area contributed by atoms with Crippen molar-refractivity contribution in [3.05, 3.63) is 65.7 Å². The highest BCUT2D eigenvalue weighted by molar-refractivity contribution is 5.81. The maximum atomic E-state index is 5.77. The van der Waals surface area contributed by atoms with Gasteiger partial charge >= 0.3 is 0 Å². The number of anilines is 1. The van der Waals surface area contributed by atoms with Gasteiger partial charge in [-0.3, -0.25) is 5.43 Å². The predicted molar refractivity (Wildman–Crippen MR) is 100 cm³/mol. The van der Waals surface area contributed by atoms with E-state index >= 15 is 0 Å². The van der Waals surface area contributed by atoms with E-state index < -0.39 is 0 Å². The number of rotatable bonds is 8. The molecule has 1 N–H and O–H groups in total. The normalized spacial score (nSPS) is 10.5. The van der Waals surface area contributed by atoms with E-state index in [1.807, 2.05) is 75.4 Å². The lowest BCUT2D eigenvalue weighted by Gasteiger charge is -2.11. The van der Waals surface area contributed by atoms with Gasteiger partial charge in [0.25, 0.3) is 0 Å². The molecule has 0 spiro atoms. The molecule has 0 fully saturated rings. The van der Waals surface area contributed by atoms with E-state index in [9.17, 15) is 0 Å². The molecule has 24 heavy (non-hydrogen) atoms. The first-order chi connectivity index (χ1) is 11.7. The van der Waals surface area contributed by atoms with Crippen LogP contribution in [0.5, 0.6) is 11.5 Å². The largest absolute Gasteiger partial charge is 0.490 e. The maximum absolute atomic E-state index is 5.77. The predicted octanol–water partition coefficient (Wildman–Crippen LogP) is 4.88. The summed E-state index contributed by atoms with van der Waals surface area (Å²) in [7, 11) is 0. The summed E-state index contributed by atoms with van der Waals surface area (Å²) in [5.74, 6) is 1.46. The van der Waals surface area contributed by atoms with Gasteiger partial charge in [-0.2, -0.15) is 5.10 Å². The van der Waals surface area contributed by atoms with Gasteiger partial charge in [-0.25, -0.2) is 0 Å². The molecular formula is C20H24N2O2. The van der Waals surface area contributed by atoms with Crippen LogP contribution in [0.15, 0.2) is 65.3 Å². The number of para-hydroxylation sites is 1. The Kier molecular flexibility index (Phi) is 6.90. The van der Waals surface area contributed by atoms with Gasteiger partial charge < -0.3 is 9.47 Å². The van der Waals surface area contributed by atoms with Gasteiger partial charge in [-0.05, 0) is 62.7 Å². The summed E-state index contributed by atoms with van der Waals surface area (Å²) in [5.41, 5.74) is 6.11. The van der Waals surface area contributed by atoms with Crippen LogP contribution in [-0.4, -0.2) is 19.4 Å². The van der Waals surface area contributed by atoms with Crippen LogP contribution in [0.4, 0.5) is 5.69 Å². The fourth-order valence-corrected chi connectivity index (χ4v) is 1.98. The summed E-state index contributed by atoms with van der Waals surface area (Å²) in [6.45, 7) is 7.17. The van der Waals surface area contributed by atoms with Crippen molar-refractivity contribution < 1.29 is 9.47 Å². The molecule has 4 heteroatoms. The molecule has 2 aromatic carbocycles. The summed E-state index contributed by atoms with van der Waals surface area (Å²) in [6.07, 6.45) is 3.80. The zero-order valence-electron chi connectivity index (χ0n) is 14.5. The van der Waals surface area contributed by atoms with E-state index in [2.05, 4.69) is 10.5 Å². The smallest absolute Gasteiger partial charge is 0.161 e. The summed E-state index contributed by atoms with van der Waals surface area (Å²) in [5, 5.41) is 4.25. The van der Waals surface area contributed by atoms with Crippen LogP contribution in [-0.2, 0) is 0 Å². The fourth-order valence-electron chi connectivity index (χ4n) is 1.98. The number of hydrogen-bond acceptors (Lipinski definition) is 4.